The van der Waals surface area contributed by atoms with Crippen LogP contribution in [0.15, 0.2) is 17.5 Å². The van der Waals surface area contributed by atoms with E-state index >= 15 is 0 Å². The van der Waals surface area contributed by atoms with E-state index in [1.54, 1.807) is 4.90 Å². The Kier molecular flexibility index (Phi) is 4.78. The number of likely N-dealkylation sites (N-methyl/N-ethyl adjacent to an activating group) is 1. The van der Waals surface area contributed by atoms with Crippen molar-refractivity contribution in [3.05, 3.63) is 22.4 Å². The molecule has 3 rings (SSSR count). The highest BCUT2D eigenvalue weighted by atomic mass is 32.1. The van der Waals surface area contributed by atoms with E-state index in [0.29, 0.717) is 24.0 Å². The Hall–Kier alpha value is -1.40. The van der Waals surface area contributed by atoms with Gasteiger partial charge in [-0.1, -0.05) is 6.07 Å². The summed E-state index contributed by atoms with van der Waals surface area (Å²) in [4.78, 5) is 29.6. The third-order valence-corrected chi connectivity index (χ3v) is 5.34. The number of carbonyl (C=O) groups is 2. The van der Waals surface area contributed by atoms with Crippen molar-refractivity contribution in [2.24, 2.45) is 0 Å². The maximum atomic E-state index is 12.5. The molecule has 2 heterocycles. The second-order valence-corrected chi connectivity index (χ2v) is 7.08. The van der Waals surface area contributed by atoms with E-state index in [9.17, 15) is 9.59 Å². The predicted octanol–water partition coefficient (Wildman–Crippen LogP) is 1.56. The number of likely N-dealkylation sites (tertiary alicyclic amines) is 1. The summed E-state index contributed by atoms with van der Waals surface area (Å²) in [5.74, 6) is -0.0191. The van der Waals surface area contributed by atoms with Gasteiger partial charge in [0.1, 0.15) is 6.04 Å². The Bertz CT molecular complexity index is 528. The third kappa shape index (κ3) is 3.50. The second-order valence-electron chi connectivity index (χ2n) is 6.14. The van der Waals surface area contributed by atoms with Gasteiger partial charge >= 0.3 is 0 Å². The number of nitrogens with one attached hydrogen (secondary N) is 1. The zero-order valence-electron chi connectivity index (χ0n) is 13.0. The van der Waals surface area contributed by atoms with Crippen molar-refractivity contribution in [3.63, 3.8) is 0 Å². The molecule has 120 valence electrons. The van der Waals surface area contributed by atoms with E-state index < -0.39 is 0 Å². The van der Waals surface area contributed by atoms with E-state index in [1.165, 1.54) is 24.2 Å². The van der Waals surface area contributed by atoms with Crippen LogP contribution in [0.4, 0.5) is 0 Å². The number of rotatable bonds is 6. The summed E-state index contributed by atoms with van der Waals surface area (Å²) in [5, 5.41) is 4.89. The molecule has 0 unspecified atom stereocenters. The second kappa shape index (κ2) is 6.79. The van der Waals surface area contributed by atoms with Gasteiger partial charge in [-0.15, -0.1) is 11.3 Å². The summed E-state index contributed by atoms with van der Waals surface area (Å²) in [5.41, 5.74) is 0. The van der Waals surface area contributed by atoms with E-state index in [1.807, 2.05) is 17.5 Å². The molecule has 0 radical (unpaired) electrons. The summed E-state index contributed by atoms with van der Waals surface area (Å²) in [6, 6.07) is 4.10. The van der Waals surface area contributed by atoms with Crippen LogP contribution in [0.2, 0.25) is 0 Å². The Morgan fingerprint density at radius 2 is 2.23 bits per heavy atom. The fourth-order valence-electron chi connectivity index (χ4n) is 3.00. The van der Waals surface area contributed by atoms with Crippen LogP contribution in [-0.2, 0) is 4.79 Å². The van der Waals surface area contributed by atoms with Crippen LogP contribution in [0.3, 0.4) is 0 Å². The molecule has 1 saturated heterocycles. The Labute approximate surface area is 135 Å². The molecule has 2 aliphatic rings. The maximum Gasteiger partial charge on any atom is 0.264 e. The summed E-state index contributed by atoms with van der Waals surface area (Å²) < 4.78 is 0. The number of hydrogen-bond acceptors (Lipinski definition) is 4. The highest BCUT2D eigenvalue weighted by Gasteiger charge is 2.34. The molecule has 0 bridgehead atoms. The van der Waals surface area contributed by atoms with Crippen molar-refractivity contribution in [3.8, 4) is 0 Å². The Morgan fingerprint density at radius 1 is 1.41 bits per heavy atom. The zero-order chi connectivity index (χ0) is 15.5. The fourth-order valence-corrected chi connectivity index (χ4v) is 3.67. The SMILES string of the molecule is CN(CCNC(=O)[C@@H]1CCCN1C(=O)c1cccs1)C1CC1. The molecule has 6 heteroatoms. The van der Waals surface area contributed by atoms with Crippen LogP contribution in [0.25, 0.3) is 0 Å². The molecule has 1 N–H and O–H groups in total. The fraction of sp³-hybridized carbons (Fsp3) is 0.625. The molecule has 1 aliphatic heterocycles. The summed E-state index contributed by atoms with van der Waals surface area (Å²) in [7, 11) is 2.10. The molecular weight excluding hydrogens is 298 g/mol. The smallest absolute Gasteiger partial charge is 0.264 e. The number of thiophene rings is 1. The molecular formula is C16H23N3O2S. The lowest BCUT2D eigenvalue weighted by atomic mass is 10.2. The first-order valence-corrected chi connectivity index (χ1v) is 8.87. The number of hydrogen-bond donors (Lipinski definition) is 1. The topological polar surface area (TPSA) is 52.7 Å². The van der Waals surface area contributed by atoms with E-state index in [-0.39, 0.29) is 17.9 Å². The molecule has 2 amide bonds. The van der Waals surface area contributed by atoms with Gasteiger partial charge in [0.2, 0.25) is 5.91 Å². The quantitative estimate of drug-likeness (QED) is 0.865. The highest BCUT2D eigenvalue weighted by Crippen LogP contribution is 2.25. The molecule has 22 heavy (non-hydrogen) atoms. The van der Waals surface area contributed by atoms with Gasteiger partial charge in [-0.3, -0.25) is 9.59 Å². The lowest BCUT2D eigenvalue weighted by Gasteiger charge is -2.24. The van der Waals surface area contributed by atoms with Crippen LogP contribution in [0, 0.1) is 0 Å². The van der Waals surface area contributed by atoms with Gasteiger partial charge in [-0.05, 0) is 44.2 Å². The first kappa shape index (κ1) is 15.5. The van der Waals surface area contributed by atoms with Crippen molar-refractivity contribution in [1.82, 2.24) is 15.1 Å². The van der Waals surface area contributed by atoms with Gasteiger partial charge < -0.3 is 15.1 Å². The van der Waals surface area contributed by atoms with E-state index in [4.69, 9.17) is 0 Å². The molecule has 5 nitrogen and oxygen atoms in total. The first-order valence-electron chi connectivity index (χ1n) is 7.99. The minimum Gasteiger partial charge on any atom is -0.353 e. The minimum absolute atomic E-state index is 0.00777. The van der Waals surface area contributed by atoms with Gasteiger partial charge in [-0.2, -0.15) is 0 Å². The zero-order valence-corrected chi connectivity index (χ0v) is 13.8. The minimum atomic E-state index is -0.305. The number of carbonyl (C=O) groups excluding carboxylic acids is 2. The lowest BCUT2D eigenvalue weighted by molar-refractivity contribution is -0.124. The van der Waals surface area contributed by atoms with Crippen LogP contribution in [0.5, 0.6) is 0 Å². The van der Waals surface area contributed by atoms with Crippen LogP contribution < -0.4 is 5.32 Å². The summed E-state index contributed by atoms with van der Waals surface area (Å²) in [6.45, 7) is 2.21. The van der Waals surface area contributed by atoms with Gasteiger partial charge in [0, 0.05) is 25.7 Å². The highest BCUT2D eigenvalue weighted by molar-refractivity contribution is 7.12. The van der Waals surface area contributed by atoms with Crippen molar-refractivity contribution < 1.29 is 9.59 Å². The molecule has 0 aromatic carbocycles. The van der Waals surface area contributed by atoms with Crippen molar-refractivity contribution >= 4 is 23.2 Å². The predicted molar refractivity (Wildman–Crippen MR) is 87.0 cm³/mol. The van der Waals surface area contributed by atoms with Crippen LogP contribution in [0.1, 0.15) is 35.4 Å². The Morgan fingerprint density at radius 3 is 2.91 bits per heavy atom. The van der Waals surface area contributed by atoms with Crippen molar-refractivity contribution in [1.29, 1.82) is 0 Å². The molecule has 1 aliphatic carbocycles. The average Bonchev–Trinajstić information content (AvgIpc) is 3.04. The molecule has 1 saturated carbocycles. The maximum absolute atomic E-state index is 12.5. The molecule has 1 aromatic heterocycles. The normalized spacial score (nSPS) is 21.4. The number of amides is 2. The summed E-state index contributed by atoms with van der Waals surface area (Å²) in [6.07, 6.45) is 4.21. The van der Waals surface area contributed by atoms with Gasteiger partial charge in [0.25, 0.3) is 5.91 Å². The van der Waals surface area contributed by atoms with Gasteiger partial charge in [0.15, 0.2) is 0 Å². The van der Waals surface area contributed by atoms with E-state index in [0.717, 1.165) is 19.4 Å². The molecule has 2 fully saturated rings. The largest absolute Gasteiger partial charge is 0.353 e. The summed E-state index contributed by atoms with van der Waals surface area (Å²) >= 11 is 1.43. The average molecular weight is 321 g/mol. The monoisotopic (exact) mass is 321 g/mol. The Balaban J connectivity index is 1.51. The standard InChI is InChI=1S/C16H23N3O2S/c1-18(12-6-7-12)10-8-17-15(20)13-4-2-9-19(13)16(21)14-5-3-11-22-14/h3,5,11-13H,2,4,6-10H2,1H3,(H,17,20)/t13-/m0/s1. The van der Waals surface area contributed by atoms with Crippen molar-refractivity contribution in [2.75, 3.05) is 26.7 Å². The van der Waals surface area contributed by atoms with Crippen molar-refractivity contribution in [2.45, 2.75) is 37.8 Å². The molecule has 1 aromatic rings. The molecule has 1 atom stereocenters. The van der Waals surface area contributed by atoms with Crippen LogP contribution >= 0.6 is 11.3 Å². The lowest BCUT2D eigenvalue weighted by Crippen LogP contribution is -2.47. The van der Waals surface area contributed by atoms with Gasteiger partial charge in [-0.25, -0.2) is 0 Å². The van der Waals surface area contributed by atoms with Crippen LogP contribution in [-0.4, -0.2) is 60.4 Å². The third-order valence-electron chi connectivity index (χ3n) is 4.48. The number of nitrogens with zero attached hydrogens (tertiary/aromatic N) is 2. The first-order chi connectivity index (χ1) is 10.7. The van der Waals surface area contributed by atoms with E-state index in [2.05, 4.69) is 17.3 Å². The molecule has 0 spiro atoms. The van der Waals surface area contributed by atoms with Gasteiger partial charge in [0.05, 0.1) is 4.88 Å².